The van der Waals surface area contributed by atoms with E-state index in [0.717, 1.165) is 28.5 Å². The number of aryl methyl sites for hydroxylation is 1. The second-order valence-corrected chi connectivity index (χ2v) is 5.00. The van der Waals surface area contributed by atoms with Crippen LogP contribution in [-0.4, -0.2) is 16.5 Å². The lowest BCUT2D eigenvalue weighted by Gasteiger charge is -2.08. The first kappa shape index (κ1) is 13.5. The first-order chi connectivity index (χ1) is 10.2. The van der Waals surface area contributed by atoms with E-state index in [4.69, 9.17) is 0 Å². The summed E-state index contributed by atoms with van der Waals surface area (Å²) in [6.07, 6.45) is 2.62. The maximum atomic E-state index is 13.0. The lowest BCUT2D eigenvalue weighted by Crippen LogP contribution is -2.08. The minimum Gasteiger partial charge on any atom is -0.354 e. The maximum Gasteiger partial charge on any atom is 0.223 e. The van der Waals surface area contributed by atoms with E-state index in [9.17, 15) is 4.39 Å². The molecule has 0 saturated carbocycles. The first-order valence-corrected chi connectivity index (χ1v) is 6.93. The van der Waals surface area contributed by atoms with E-state index in [2.05, 4.69) is 15.3 Å². The molecular weight excluding hydrogens is 265 g/mol. The van der Waals surface area contributed by atoms with E-state index in [1.807, 2.05) is 43.5 Å². The smallest absolute Gasteiger partial charge is 0.223 e. The van der Waals surface area contributed by atoms with Gasteiger partial charge in [-0.05, 0) is 42.7 Å². The van der Waals surface area contributed by atoms with Gasteiger partial charge in [-0.2, -0.15) is 0 Å². The van der Waals surface area contributed by atoms with Crippen molar-refractivity contribution >= 4 is 16.9 Å². The number of nitrogens with zero attached hydrogens (tertiary/aromatic N) is 2. The molecular formula is C17H16FN3. The molecule has 0 aliphatic carbocycles. The van der Waals surface area contributed by atoms with Gasteiger partial charge in [0, 0.05) is 18.1 Å². The van der Waals surface area contributed by atoms with Gasteiger partial charge in [0.05, 0.1) is 5.52 Å². The summed E-state index contributed by atoms with van der Waals surface area (Å²) in [5.41, 5.74) is 3.02. The Kier molecular flexibility index (Phi) is 3.77. The molecule has 0 unspecified atom stereocenters. The number of hydrogen-bond acceptors (Lipinski definition) is 3. The van der Waals surface area contributed by atoms with Gasteiger partial charge >= 0.3 is 0 Å². The second kappa shape index (κ2) is 5.87. The van der Waals surface area contributed by atoms with E-state index >= 15 is 0 Å². The van der Waals surface area contributed by atoms with Crippen LogP contribution in [0.15, 0.2) is 48.7 Å². The van der Waals surface area contributed by atoms with E-state index < -0.39 is 0 Å². The SMILES string of the molecule is Cc1cc(F)ccc1CCNc1ncc2ccccc2n1. The van der Waals surface area contributed by atoms with Crippen LogP contribution in [0.1, 0.15) is 11.1 Å². The summed E-state index contributed by atoms with van der Waals surface area (Å²) >= 11 is 0. The topological polar surface area (TPSA) is 37.8 Å². The fourth-order valence-electron chi connectivity index (χ4n) is 2.31. The molecule has 3 aromatic rings. The quantitative estimate of drug-likeness (QED) is 0.791. The molecule has 0 spiro atoms. The van der Waals surface area contributed by atoms with E-state index in [1.54, 1.807) is 6.07 Å². The molecule has 0 amide bonds. The molecule has 0 saturated heterocycles. The fourth-order valence-corrected chi connectivity index (χ4v) is 2.31. The standard InChI is InChI=1S/C17H16FN3/c1-12-10-15(18)7-6-13(12)8-9-19-17-20-11-14-4-2-3-5-16(14)21-17/h2-7,10-11H,8-9H2,1H3,(H,19,20,21). The van der Waals surface area contributed by atoms with Crippen molar-refractivity contribution in [2.24, 2.45) is 0 Å². The van der Waals surface area contributed by atoms with Crippen LogP contribution in [0.2, 0.25) is 0 Å². The van der Waals surface area contributed by atoms with Crippen LogP contribution in [0, 0.1) is 12.7 Å². The minimum atomic E-state index is -0.193. The predicted molar refractivity (Wildman–Crippen MR) is 82.9 cm³/mol. The minimum absolute atomic E-state index is 0.193. The number of para-hydroxylation sites is 1. The highest BCUT2D eigenvalue weighted by Crippen LogP contribution is 2.13. The third-order valence-corrected chi connectivity index (χ3v) is 3.47. The Morgan fingerprint density at radius 1 is 1.14 bits per heavy atom. The number of benzene rings is 2. The van der Waals surface area contributed by atoms with Crippen LogP contribution >= 0.6 is 0 Å². The molecule has 0 aliphatic heterocycles. The summed E-state index contributed by atoms with van der Waals surface area (Å²) in [4.78, 5) is 8.75. The van der Waals surface area contributed by atoms with Gasteiger partial charge in [-0.1, -0.05) is 24.3 Å². The molecule has 1 heterocycles. The molecule has 3 rings (SSSR count). The number of anilines is 1. The van der Waals surface area contributed by atoms with Crippen molar-refractivity contribution in [3.05, 3.63) is 65.6 Å². The average molecular weight is 281 g/mol. The molecule has 1 N–H and O–H groups in total. The van der Waals surface area contributed by atoms with E-state index in [1.165, 1.54) is 6.07 Å². The Labute approximate surface area is 122 Å². The molecule has 0 aliphatic rings. The molecule has 0 fully saturated rings. The van der Waals surface area contributed by atoms with Crippen molar-refractivity contribution in [3.63, 3.8) is 0 Å². The highest BCUT2D eigenvalue weighted by atomic mass is 19.1. The van der Waals surface area contributed by atoms with Crippen LogP contribution in [0.4, 0.5) is 10.3 Å². The summed E-state index contributed by atoms with van der Waals surface area (Å²) in [7, 11) is 0. The Morgan fingerprint density at radius 2 is 2.00 bits per heavy atom. The van der Waals surface area contributed by atoms with Gasteiger partial charge in [0.15, 0.2) is 0 Å². The van der Waals surface area contributed by atoms with Crippen LogP contribution in [0.25, 0.3) is 10.9 Å². The summed E-state index contributed by atoms with van der Waals surface area (Å²) in [5.74, 6) is 0.426. The van der Waals surface area contributed by atoms with Crippen LogP contribution in [-0.2, 0) is 6.42 Å². The summed E-state index contributed by atoms with van der Waals surface area (Å²) in [6.45, 7) is 2.63. The third kappa shape index (κ3) is 3.16. The molecule has 0 bridgehead atoms. The molecule has 106 valence electrons. The summed E-state index contributed by atoms with van der Waals surface area (Å²) < 4.78 is 13.0. The average Bonchev–Trinajstić information content (AvgIpc) is 2.49. The van der Waals surface area contributed by atoms with Crippen LogP contribution in [0.3, 0.4) is 0 Å². The van der Waals surface area contributed by atoms with Gasteiger partial charge in [0.2, 0.25) is 5.95 Å². The fraction of sp³-hybridized carbons (Fsp3) is 0.176. The zero-order valence-corrected chi connectivity index (χ0v) is 11.8. The van der Waals surface area contributed by atoms with Crippen molar-refractivity contribution in [2.45, 2.75) is 13.3 Å². The Morgan fingerprint density at radius 3 is 2.86 bits per heavy atom. The molecule has 3 nitrogen and oxygen atoms in total. The van der Waals surface area contributed by atoms with Crippen molar-refractivity contribution in [1.29, 1.82) is 0 Å². The normalized spacial score (nSPS) is 10.8. The maximum absolute atomic E-state index is 13.0. The highest BCUT2D eigenvalue weighted by Gasteiger charge is 2.02. The van der Waals surface area contributed by atoms with Gasteiger partial charge in [-0.15, -0.1) is 0 Å². The predicted octanol–water partition coefficient (Wildman–Crippen LogP) is 3.73. The number of nitrogens with one attached hydrogen (secondary N) is 1. The number of aromatic nitrogens is 2. The van der Waals surface area contributed by atoms with E-state index in [-0.39, 0.29) is 5.82 Å². The number of fused-ring (bicyclic) bond motifs is 1. The number of rotatable bonds is 4. The molecule has 1 aromatic heterocycles. The first-order valence-electron chi connectivity index (χ1n) is 6.93. The zero-order valence-electron chi connectivity index (χ0n) is 11.8. The van der Waals surface area contributed by atoms with Gasteiger partial charge in [-0.25, -0.2) is 14.4 Å². The van der Waals surface area contributed by atoms with Crippen molar-refractivity contribution in [2.75, 3.05) is 11.9 Å². The summed E-state index contributed by atoms with van der Waals surface area (Å²) in [6, 6.07) is 12.8. The second-order valence-electron chi connectivity index (χ2n) is 5.00. The molecule has 4 heteroatoms. The van der Waals surface area contributed by atoms with Gasteiger partial charge < -0.3 is 5.32 Å². The summed E-state index contributed by atoms with van der Waals surface area (Å²) in [5, 5.41) is 4.24. The molecule has 21 heavy (non-hydrogen) atoms. The zero-order chi connectivity index (χ0) is 14.7. The molecule has 0 radical (unpaired) electrons. The van der Waals surface area contributed by atoms with Crippen LogP contribution in [0.5, 0.6) is 0 Å². The van der Waals surface area contributed by atoms with Crippen molar-refractivity contribution in [3.8, 4) is 0 Å². The molecule has 2 aromatic carbocycles. The lowest BCUT2D eigenvalue weighted by atomic mass is 10.1. The highest BCUT2D eigenvalue weighted by molar-refractivity contribution is 5.78. The van der Waals surface area contributed by atoms with Gasteiger partial charge in [0.1, 0.15) is 5.82 Å². The largest absolute Gasteiger partial charge is 0.354 e. The van der Waals surface area contributed by atoms with Gasteiger partial charge in [-0.3, -0.25) is 0 Å². The lowest BCUT2D eigenvalue weighted by molar-refractivity contribution is 0.625. The Bertz CT molecular complexity index is 771. The Hall–Kier alpha value is -2.49. The monoisotopic (exact) mass is 281 g/mol. The number of hydrogen-bond donors (Lipinski definition) is 1. The third-order valence-electron chi connectivity index (χ3n) is 3.47. The molecule has 0 atom stereocenters. The van der Waals surface area contributed by atoms with Crippen molar-refractivity contribution in [1.82, 2.24) is 9.97 Å². The van der Waals surface area contributed by atoms with Crippen LogP contribution < -0.4 is 5.32 Å². The number of halogens is 1. The van der Waals surface area contributed by atoms with E-state index in [0.29, 0.717) is 12.5 Å². The Balaban J connectivity index is 1.66. The van der Waals surface area contributed by atoms with Gasteiger partial charge in [0.25, 0.3) is 0 Å². The van der Waals surface area contributed by atoms with Crippen molar-refractivity contribution < 1.29 is 4.39 Å².